The topological polar surface area (TPSA) is 26.0 Å². The molecule has 1 aromatic rings. The van der Waals surface area contributed by atoms with E-state index in [1.54, 1.807) is 6.07 Å². The zero-order chi connectivity index (χ0) is 13.4. The third kappa shape index (κ3) is 2.16. The summed E-state index contributed by atoms with van der Waals surface area (Å²) >= 11 is 0. The number of hydrogen-bond acceptors (Lipinski definition) is 1. The fourth-order valence-electron chi connectivity index (χ4n) is 3.21. The molecule has 0 radical (unpaired) electrons. The van der Waals surface area contributed by atoms with Crippen LogP contribution in [0.1, 0.15) is 50.7 Å². The van der Waals surface area contributed by atoms with Crippen molar-refractivity contribution in [3.63, 3.8) is 0 Å². The molecule has 1 aromatic carbocycles. The van der Waals surface area contributed by atoms with Gasteiger partial charge in [-0.3, -0.25) is 0 Å². The summed E-state index contributed by atoms with van der Waals surface area (Å²) in [4.78, 5) is 0. The van der Waals surface area contributed by atoms with Gasteiger partial charge in [-0.05, 0) is 38.3 Å². The first-order valence-electron chi connectivity index (χ1n) is 6.59. The van der Waals surface area contributed by atoms with Crippen LogP contribution in [0.5, 0.6) is 0 Å². The van der Waals surface area contributed by atoms with Crippen molar-refractivity contribution < 1.29 is 8.78 Å². The Morgan fingerprint density at radius 3 is 2.39 bits per heavy atom. The van der Waals surface area contributed by atoms with E-state index >= 15 is 0 Å². The van der Waals surface area contributed by atoms with Crippen LogP contribution in [0.2, 0.25) is 0 Å². The van der Waals surface area contributed by atoms with E-state index in [9.17, 15) is 8.78 Å². The summed E-state index contributed by atoms with van der Waals surface area (Å²) in [6, 6.07) is 4.84. The predicted molar refractivity (Wildman–Crippen MR) is 69.7 cm³/mol. The number of nitrogens with two attached hydrogens (primary N) is 1. The quantitative estimate of drug-likeness (QED) is 0.871. The first-order valence-corrected chi connectivity index (χ1v) is 6.59. The highest BCUT2D eigenvalue weighted by Gasteiger charge is 2.40. The third-order valence-corrected chi connectivity index (χ3v) is 4.13. The van der Waals surface area contributed by atoms with Crippen molar-refractivity contribution in [3.8, 4) is 0 Å². The average molecular weight is 253 g/mol. The van der Waals surface area contributed by atoms with Crippen LogP contribution in [-0.2, 0) is 11.1 Å². The molecule has 18 heavy (non-hydrogen) atoms. The molecule has 0 bridgehead atoms. The lowest BCUT2D eigenvalue weighted by atomic mass is 9.74. The van der Waals surface area contributed by atoms with Crippen molar-refractivity contribution in [1.82, 2.24) is 0 Å². The zero-order valence-electron chi connectivity index (χ0n) is 11.1. The van der Waals surface area contributed by atoms with Crippen molar-refractivity contribution in [2.75, 3.05) is 6.54 Å². The second-order valence-electron chi connectivity index (χ2n) is 5.83. The maximum atomic E-state index is 14.3. The second kappa shape index (κ2) is 4.61. The molecule has 0 spiro atoms. The molecule has 100 valence electrons. The van der Waals surface area contributed by atoms with E-state index in [2.05, 4.69) is 0 Å². The maximum absolute atomic E-state index is 14.3. The van der Waals surface area contributed by atoms with Crippen LogP contribution in [0, 0.1) is 5.82 Å². The zero-order valence-corrected chi connectivity index (χ0v) is 11.1. The highest BCUT2D eigenvalue weighted by Crippen LogP contribution is 2.45. The number of halogens is 2. The molecule has 2 N–H and O–H groups in total. The SMILES string of the molecule is CC(C)(F)c1c(F)cccc1C1(CN)CCCC1. The van der Waals surface area contributed by atoms with Crippen molar-refractivity contribution in [3.05, 3.63) is 35.1 Å². The molecule has 0 unspecified atom stereocenters. The molecular weight excluding hydrogens is 232 g/mol. The van der Waals surface area contributed by atoms with Crippen molar-refractivity contribution in [2.45, 2.75) is 50.6 Å². The molecule has 0 saturated heterocycles. The summed E-state index contributed by atoms with van der Waals surface area (Å²) < 4.78 is 28.3. The monoisotopic (exact) mass is 253 g/mol. The van der Waals surface area contributed by atoms with Gasteiger partial charge in [0.1, 0.15) is 11.5 Å². The van der Waals surface area contributed by atoms with Gasteiger partial charge in [0.25, 0.3) is 0 Å². The molecule has 0 atom stereocenters. The fraction of sp³-hybridized carbons (Fsp3) is 0.600. The van der Waals surface area contributed by atoms with E-state index in [-0.39, 0.29) is 11.0 Å². The van der Waals surface area contributed by atoms with Crippen molar-refractivity contribution in [1.29, 1.82) is 0 Å². The largest absolute Gasteiger partial charge is 0.330 e. The van der Waals surface area contributed by atoms with Gasteiger partial charge in [-0.2, -0.15) is 0 Å². The van der Waals surface area contributed by atoms with Gasteiger partial charge in [0.15, 0.2) is 0 Å². The first kappa shape index (κ1) is 13.5. The van der Waals surface area contributed by atoms with Crippen LogP contribution in [0.4, 0.5) is 8.78 Å². The van der Waals surface area contributed by atoms with E-state index in [0.717, 1.165) is 31.2 Å². The number of rotatable bonds is 3. The van der Waals surface area contributed by atoms with E-state index in [0.29, 0.717) is 6.54 Å². The maximum Gasteiger partial charge on any atom is 0.133 e. The minimum absolute atomic E-state index is 0.192. The van der Waals surface area contributed by atoms with Gasteiger partial charge in [-0.15, -0.1) is 0 Å². The second-order valence-corrected chi connectivity index (χ2v) is 5.83. The Bertz CT molecular complexity index is 429. The Kier molecular flexibility index (Phi) is 3.45. The molecule has 2 rings (SSSR count). The van der Waals surface area contributed by atoms with E-state index in [1.165, 1.54) is 19.9 Å². The van der Waals surface area contributed by atoms with E-state index < -0.39 is 11.5 Å². The van der Waals surface area contributed by atoms with Gasteiger partial charge in [0, 0.05) is 17.5 Å². The smallest absolute Gasteiger partial charge is 0.133 e. The van der Waals surface area contributed by atoms with Gasteiger partial charge in [0.2, 0.25) is 0 Å². The lowest BCUT2D eigenvalue weighted by Crippen LogP contribution is -2.35. The van der Waals surface area contributed by atoms with Crippen LogP contribution in [0.15, 0.2) is 18.2 Å². The molecule has 0 aliphatic heterocycles. The van der Waals surface area contributed by atoms with E-state index in [4.69, 9.17) is 5.73 Å². The normalized spacial score (nSPS) is 19.2. The predicted octanol–water partition coefficient (Wildman–Crippen LogP) is 3.80. The third-order valence-electron chi connectivity index (χ3n) is 4.13. The Labute approximate surface area is 107 Å². The number of benzene rings is 1. The van der Waals surface area contributed by atoms with Crippen LogP contribution < -0.4 is 5.73 Å². The standard InChI is InChI=1S/C15H21F2N/c1-14(2,17)13-11(6-5-7-12(13)16)15(10-18)8-3-4-9-15/h5-7H,3-4,8-10,18H2,1-2H3. The summed E-state index contributed by atoms with van der Waals surface area (Å²) in [6.07, 6.45) is 4.02. The molecule has 1 saturated carbocycles. The summed E-state index contributed by atoms with van der Waals surface area (Å²) in [7, 11) is 0. The summed E-state index contributed by atoms with van der Waals surface area (Å²) in [6.45, 7) is 3.28. The molecular formula is C15H21F2N. The Hall–Kier alpha value is -0.960. The molecule has 0 heterocycles. The minimum Gasteiger partial charge on any atom is -0.330 e. The van der Waals surface area contributed by atoms with Crippen molar-refractivity contribution in [2.24, 2.45) is 5.73 Å². The fourth-order valence-corrected chi connectivity index (χ4v) is 3.21. The van der Waals surface area contributed by atoms with Crippen LogP contribution >= 0.6 is 0 Å². The van der Waals surface area contributed by atoms with Gasteiger partial charge in [-0.25, -0.2) is 8.78 Å². The summed E-state index contributed by atoms with van der Waals surface area (Å²) in [5.41, 5.74) is 4.97. The van der Waals surface area contributed by atoms with Gasteiger partial charge >= 0.3 is 0 Å². The molecule has 1 fully saturated rings. The molecule has 0 amide bonds. The van der Waals surface area contributed by atoms with Gasteiger partial charge < -0.3 is 5.73 Å². The highest BCUT2D eigenvalue weighted by molar-refractivity contribution is 5.40. The minimum atomic E-state index is -1.68. The van der Waals surface area contributed by atoms with Crippen molar-refractivity contribution >= 4 is 0 Å². The average Bonchev–Trinajstić information content (AvgIpc) is 2.76. The Morgan fingerprint density at radius 1 is 1.28 bits per heavy atom. The molecule has 1 nitrogen and oxygen atoms in total. The lowest BCUT2D eigenvalue weighted by Gasteiger charge is -2.33. The van der Waals surface area contributed by atoms with Crippen LogP contribution in [0.25, 0.3) is 0 Å². The number of hydrogen-bond donors (Lipinski definition) is 1. The Morgan fingerprint density at radius 2 is 1.89 bits per heavy atom. The van der Waals surface area contributed by atoms with Crippen LogP contribution in [-0.4, -0.2) is 6.54 Å². The van der Waals surface area contributed by atoms with Gasteiger partial charge in [0.05, 0.1) is 0 Å². The van der Waals surface area contributed by atoms with E-state index in [1.807, 2.05) is 6.07 Å². The molecule has 3 heteroatoms. The van der Waals surface area contributed by atoms with Crippen LogP contribution in [0.3, 0.4) is 0 Å². The summed E-state index contributed by atoms with van der Waals surface area (Å²) in [5, 5.41) is 0. The molecule has 1 aliphatic carbocycles. The highest BCUT2D eigenvalue weighted by atomic mass is 19.1. The first-order chi connectivity index (χ1) is 8.41. The number of alkyl halides is 1. The van der Waals surface area contributed by atoms with Gasteiger partial charge in [-0.1, -0.05) is 25.0 Å². The molecule has 0 aromatic heterocycles. The lowest BCUT2D eigenvalue weighted by molar-refractivity contribution is 0.208. The Balaban J connectivity index is 2.60. The molecule has 1 aliphatic rings. The summed E-state index contributed by atoms with van der Waals surface area (Å²) in [5.74, 6) is -0.459.